The van der Waals surface area contributed by atoms with Gasteiger partial charge in [0.15, 0.2) is 0 Å². The van der Waals surface area contributed by atoms with Crippen LogP contribution in [0.15, 0.2) is 12.3 Å². The molecule has 4 heteroatoms. The van der Waals surface area contributed by atoms with E-state index in [2.05, 4.69) is 23.8 Å². The molecule has 1 fully saturated rings. The van der Waals surface area contributed by atoms with Crippen molar-refractivity contribution in [3.05, 3.63) is 12.3 Å². The second-order valence-electron chi connectivity index (χ2n) is 5.86. The normalized spacial score (nSPS) is 21.3. The lowest BCUT2D eigenvalue weighted by Crippen LogP contribution is -2.29. The van der Waals surface area contributed by atoms with Crippen LogP contribution in [0.5, 0.6) is 0 Å². The van der Waals surface area contributed by atoms with Crippen LogP contribution < -0.4 is 5.73 Å². The highest BCUT2D eigenvalue weighted by atomic mass is 15.3. The van der Waals surface area contributed by atoms with Crippen molar-refractivity contribution in [2.24, 2.45) is 5.41 Å². The Morgan fingerprint density at radius 1 is 1.29 bits per heavy atom. The van der Waals surface area contributed by atoms with E-state index < -0.39 is 0 Å². The van der Waals surface area contributed by atoms with Crippen molar-refractivity contribution in [2.75, 3.05) is 25.4 Å². The molecule has 0 amide bonds. The van der Waals surface area contributed by atoms with E-state index in [0.29, 0.717) is 11.2 Å². The van der Waals surface area contributed by atoms with Gasteiger partial charge in [0.2, 0.25) is 0 Å². The van der Waals surface area contributed by atoms with E-state index in [1.807, 2.05) is 16.9 Å². The SMILES string of the molecule is CC1(C)CCCN(CCn2ccc(N)n2)CC1. The largest absolute Gasteiger partial charge is 0.382 e. The third-order valence-corrected chi connectivity index (χ3v) is 3.74. The number of anilines is 1. The molecular formula is C13H24N4. The monoisotopic (exact) mass is 236 g/mol. The number of nitrogen functional groups attached to an aromatic ring is 1. The van der Waals surface area contributed by atoms with Crippen molar-refractivity contribution in [1.82, 2.24) is 14.7 Å². The topological polar surface area (TPSA) is 47.1 Å². The van der Waals surface area contributed by atoms with Gasteiger partial charge >= 0.3 is 0 Å². The Labute approximate surface area is 104 Å². The number of rotatable bonds is 3. The van der Waals surface area contributed by atoms with Gasteiger partial charge in [0.05, 0.1) is 6.54 Å². The molecule has 2 rings (SSSR count). The number of nitrogens with zero attached hydrogens (tertiary/aromatic N) is 3. The molecule has 4 nitrogen and oxygen atoms in total. The first-order valence-electron chi connectivity index (χ1n) is 6.56. The van der Waals surface area contributed by atoms with Crippen LogP contribution in [0.1, 0.15) is 33.1 Å². The lowest BCUT2D eigenvalue weighted by Gasteiger charge is -2.23. The van der Waals surface area contributed by atoms with Crippen LogP contribution in [-0.2, 0) is 6.54 Å². The Morgan fingerprint density at radius 3 is 2.82 bits per heavy atom. The average molecular weight is 236 g/mol. The van der Waals surface area contributed by atoms with Crippen molar-refractivity contribution in [1.29, 1.82) is 0 Å². The van der Waals surface area contributed by atoms with E-state index in [1.54, 1.807) is 0 Å². The van der Waals surface area contributed by atoms with Crippen LogP contribution in [-0.4, -0.2) is 34.3 Å². The molecule has 2 N–H and O–H groups in total. The summed E-state index contributed by atoms with van der Waals surface area (Å²) in [6.45, 7) is 9.22. The third kappa shape index (κ3) is 3.73. The summed E-state index contributed by atoms with van der Waals surface area (Å²) in [5, 5.41) is 4.21. The average Bonchev–Trinajstić information content (AvgIpc) is 2.59. The highest BCUT2D eigenvalue weighted by Crippen LogP contribution is 2.29. The molecule has 0 aliphatic carbocycles. The summed E-state index contributed by atoms with van der Waals surface area (Å²) in [5.74, 6) is 0.613. The minimum atomic E-state index is 0.519. The summed E-state index contributed by atoms with van der Waals surface area (Å²) in [5.41, 5.74) is 6.12. The predicted octanol–water partition coefficient (Wildman–Crippen LogP) is 1.98. The number of nitrogens with two attached hydrogens (primary N) is 1. The highest BCUT2D eigenvalue weighted by molar-refractivity contribution is 5.23. The van der Waals surface area contributed by atoms with Crippen molar-refractivity contribution < 1.29 is 0 Å². The van der Waals surface area contributed by atoms with E-state index >= 15 is 0 Å². The molecule has 0 saturated carbocycles. The number of hydrogen-bond donors (Lipinski definition) is 1. The second-order valence-corrected chi connectivity index (χ2v) is 5.86. The smallest absolute Gasteiger partial charge is 0.145 e. The molecule has 1 aromatic rings. The van der Waals surface area contributed by atoms with Crippen LogP contribution in [0.2, 0.25) is 0 Å². The Balaban J connectivity index is 1.79. The zero-order valence-electron chi connectivity index (χ0n) is 11.0. The van der Waals surface area contributed by atoms with Gasteiger partial charge in [0, 0.05) is 12.7 Å². The van der Waals surface area contributed by atoms with Crippen molar-refractivity contribution >= 4 is 5.82 Å². The molecule has 0 spiro atoms. The Morgan fingerprint density at radius 2 is 2.12 bits per heavy atom. The standard InChI is InChI=1S/C13H24N4/c1-13(2)5-3-7-16(9-6-13)10-11-17-8-4-12(14)15-17/h4,8H,3,5-7,9-11H2,1-2H3,(H2,14,15). The summed E-state index contributed by atoms with van der Waals surface area (Å²) < 4.78 is 1.94. The van der Waals surface area contributed by atoms with Crippen molar-refractivity contribution in [2.45, 2.75) is 39.7 Å². The highest BCUT2D eigenvalue weighted by Gasteiger charge is 2.22. The van der Waals surface area contributed by atoms with E-state index in [1.165, 1.54) is 32.4 Å². The zero-order valence-corrected chi connectivity index (χ0v) is 11.0. The minimum absolute atomic E-state index is 0.519. The van der Waals surface area contributed by atoms with Gasteiger partial charge in [-0.25, -0.2) is 0 Å². The van der Waals surface area contributed by atoms with Gasteiger partial charge < -0.3 is 10.6 Å². The van der Waals surface area contributed by atoms with E-state index in [9.17, 15) is 0 Å². The van der Waals surface area contributed by atoms with E-state index in [0.717, 1.165) is 13.1 Å². The van der Waals surface area contributed by atoms with Gasteiger partial charge in [-0.1, -0.05) is 13.8 Å². The Bertz CT molecular complexity index is 356. The first-order chi connectivity index (χ1) is 8.05. The predicted molar refractivity (Wildman–Crippen MR) is 70.7 cm³/mol. The van der Waals surface area contributed by atoms with Gasteiger partial charge in [0.25, 0.3) is 0 Å². The summed E-state index contributed by atoms with van der Waals surface area (Å²) in [4.78, 5) is 2.55. The quantitative estimate of drug-likeness (QED) is 0.873. The molecule has 1 aliphatic rings. The lowest BCUT2D eigenvalue weighted by atomic mass is 9.85. The van der Waals surface area contributed by atoms with Crippen LogP contribution in [0.25, 0.3) is 0 Å². The molecule has 96 valence electrons. The van der Waals surface area contributed by atoms with Gasteiger partial charge in [-0.15, -0.1) is 0 Å². The molecule has 17 heavy (non-hydrogen) atoms. The maximum Gasteiger partial charge on any atom is 0.145 e. The molecule has 0 atom stereocenters. The summed E-state index contributed by atoms with van der Waals surface area (Å²) in [7, 11) is 0. The fourth-order valence-corrected chi connectivity index (χ4v) is 2.45. The zero-order chi connectivity index (χ0) is 12.3. The van der Waals surface area contributed by atoms with Crippen LogP contribution in [0.3, 0.4) is 0 Å². The Hall–Kier alpha value is -1.03. The van der Waals surface area contributed by atoms with Crippen LogP contribution >= 0.6 is 0 Å². The maximum atomic E-state index is 5.60. The summed E-state index contributed by atoms with van der Waals surface area (Å²) >= 11 is 0. The summed E-state index contributed by atoms with van der Waals surface area (Å²) in [6, 6.07) is 1.85. The molecular weight excluding hydrogens is 212 g/mol. The molecule has 0 bridgehead atoms. The molecule has 0 unspecified atom stereocenters. The van der Waals surface area contributed by atoms with Gasteiger partial charge in [-0.2, -0.15) is 5.10 Å². The first-order valence-corrected chi connectivity index (χ1v) is 6.56. The number of aromatic nitrogens is 2. The second kappa shape index (κ2) is 5.08. The molecule has 2 heterocycles. The van der Waals surface area contributed by atoms with E-state index in [-0.39, 0.29) is 0 Å². The molecule has 1 aromatic heterocycles. The van der Waals surface area contributed by atoms with Gasteiger partial charge in [-0.05, 0) is 43.8 Å². The first kappa shape index (κ1) is 12.4. The Kier molecular flexibility index (Phi) is 3.72. The molecule has 1 saturated heterocycles. The fraction of sp³-hybridized carbons (Fsp3) is 0.769. The van der Waals surface area contributed by atoms with Gasteiger partial charge in [0.1, 0.15) is 5.82 Å². The maximum absolute atomic E-state index is 5.60. The molecule has 1 aliphatic heterocycles. The minimum Gasteiger partial charge on any atom is -0.382 e. The molecule has 0 aromatic carbocycles. The van der Waals surface area contributed by atoms with Crippen LogP contribution in [0.4, 0.5) is 5.82 Å². The lowest BCUT2D eigenvalue weighted by molar-refractivity contribution is 0.251. The van der Waals surface area contributed by atoms with Gasteiger partial charge in [-0.3, -0.25) is 4.68 Å². The number of likely N-dealkylation sites (tertiary alicyclic amines) is 1. The van der Waals surface area contributed by atoms with Crippen molar-refractivity contribution in [3.63, 3.8) is 0 Å². The summed E-state index contributed by atoms with van der Waals surface area (Å²) in [6.07, 6.45) is 5.91. The fourth-order valence-electron chi connectivity index (χ4n) is 2.45. The van der Waals surface area contributed by atoms with E-state index in [4.69, 9.17) is 5.73 Å². The number of hydrogen-bond acceptors (Lipinski definition) is 3. The van der Waals surface area contributed by atoms with Crippen LogP contribution in [0, 0.1) is 5.41 Å². The van der Waals surface area contributed by atoms with Crippen molar-refractivity contribution in [3.8, 4) is 0 Å². The third-order valence-electron chi connectivity index (χ3n) is 3.74. The molecule has 0 radical (unpaired) electrons.